The van der Waals surface area contributed by atoms with E-state index in [1.165, 1.54) is 17.2 Å². The molecule has 0 aromatic carbocycles. The maximum absolute atomic E-state index is 13.6. The molecule has 39 heavy (non-hydrogen) atoms. The number of nitrogens with one attached hydrogen (secondary N) is 3. The van der Waals surface area contributed by atoms with Crippen LogP contribution in [-0.2, 0) is 25.6 Å². The van der Waals surface area contributed by atoms with Crippen LogP contribution in [0.3, 0.4) is 0 Å². The van der Waals surface area contributed by atoms with Crippen LogP contribution in [0.1, 0.15) is 32.9 Å². The van der Waals surface area contributed by atoms with E-state index >= 15 is 0 Å². The molecule has 1 aliphatic carbocycles. The summed E-state index contributed by atoms with van der Waals surface area (Å²) in [7, 11) is 0. The first kappa shape index (κ1) is 28.3. The number of halogens is 3. The number of carbonyl (C=O) groups excluding carboxylic acids is 4. The third-order valence-corrected chi connectivity index (χ3v) is 8.34. The number of nitrogens with zero attached hydrogens (tertiary/aromatic N) is 3. The highest BCUT2D eigenvalue weighted by Crippen LogP contribution is 2.64. The molecule has 10 nitrogen and oxygen atoms in total. The van der Waals surface area contributed by atoms with Crippen molar-refractivity contribution in [2.45, 2.75) is 57.9 Å². The lowest BCUT2D eigenvalue weighted by molar-refractivity contribution is -0.175. The zero-order valence-electron chi connectivity index (χ0n) is 21.8. The van der Waals surface area contributed by atoms with Crippen LogP contribution in [-0.4, -0.2) is 70.9 Å². The summed E-state index contributed by atoms with van der Waals surface area (Å²) in [5.41, 5.74) is -0.00976. The van der Waals surface area contributed by atoms with E-state index in [1.807, 2.05) is 26.8 Å². The maximum Gasteiger partial charge on any atom is 0.471 e. The van der Waals surface area contributed by atoms with Crippen molar-refractivity contribution < 1.29 is 32.3 Å². The van der Waals surface area contributed by atoms with Gasteiger partial charge in [0.1, 0.15) is 18.1 Å². The lowest BCUT2D eigenvalue weighted by Crippen LogP contribution is -2.58. The summed E-state index contributed by atoms with van der Waals surface area (Å²) in [6.45, 7) is 6.33. The van der Waals surface area contributed by atoms with Crippen LogP contribution in [0.15, 0.2) is 24.4 Å². The zero-order valence-corrected chi connectivity index (χ0v) is 21.8. The third-order valence-electron chi connectivity index (χ3n) is 8.34. The number of fused-ring (bicyclic) bond motifs is 1. The van der Waals surface area contributed by atoms with Gasteiger partial charge < -0.3 is 20.9 Å². The summed E-state index contributed by atoms with van der Waals surface area (Å²) in [4.78, 5) is 56.4. The van der Waals surface area contributed by atoms with Crippen molar-refractivity contribution in [2.75, 3.05) is 13.1 Å². The topological polar surface area (TPSA) is 144 Å². The predicted molar refractivity (Wildman–Crippen MR) is 130 cm³/mol. The Balaban J connectivity index is 1.55. The van der Waals surface area contributed by atoms with E-state index in [2.05, 4.69) is 15.6 Å². The van der Waals surface area contributed by atoms with E-state index in [1.54, 1.807) is 17.4 Å². The number of hydrogen-bond acceptors (Lipinski definition) is 6. The second-order valence-corrected chi connectivity index (χ2v) is 11.2. The first-order chi connectivity index (χ1) is 18.3. The lowest BCUT2D eigenvalue weighted by Gasteiger charge is -2.33. The number of aromatic nitrogens is 1. The SMILES string of the molecule is C[C@H]1CNC(=O)[C@@H]1C[C@@H](C#N)NC(=O)[C@@H]1[C@@H]2[C@H](CN1C(=O)[C@H](Cc1ccccn1)NC(=O)C(F)(F)F)C2(C)C. The van der Waals surface area contributed by atoms with Crippen molar-refractivity contribution in [3.8, 4) is 6.07 Å². The highest BCUT2D eigenvalue weighted by atomic mass is 19.4. The van der Waals surface area contributed by atoms with Crippen molar-refractivity contribution in [1.29, 1.82) is 5.26 Å². The first-order valence-corrected chi connectivity index (χ1v) is 12.8. The molecule has 4 amide bonds. The first-order valence-electron chi connectivity index (χ1n) is 12.8. The summed E-state index contributed by atoms with van der Waals surface area (Å²) in [5, 5.41) is 16.9. The van der Waals surface area contributed by atoms with E-state index in [-0.39, 0.29) is 54.2 Å². The Labute approximate surface area is 223 Å². The van der Waals surface area contributed by atoms with Crippen LogP contribution in [0.4, 0.5) is 13.2 Å². The Morgan fingerprint density at radius 2 is 2.00 bits per heavy atom. The number of hydrogen-bond donors (Lipinski definition) is 3. The van der Waals surface area contributed by atoms with Gasteiger partial charge in [0.15, 0.2) is 0 Å². The molecule has 0 radical (unpaired) electrons. The highest BCUT2D eigenvalue weighted by molar-refractivity contribution is 5.94. The summed E-state index contributed by atoms with van der Waals surface area (Å²) in [6.07, 6.45) is -4.00. The van der Waals surface area contributed by atoms with Crippen LogP contribution in [0.2, 0.25) is 0 Å². The van der Waals surface area contributed by atoms with Gasteiger partial charge in [0.05, 0.1) is 6.07 Å². The third kappa shape index (κ3) is 5.69. The number of alkyl halides is 3. The molecule has 210 valence electrons. The van der Waals surface area contributed by atoms with E-state index in [9.17, 15) is 37.6 Å². The highest BCUT2D eigenvalue weighted by Gasteiger charge is 2.69. The van der Waals surface area contributed by atoms with Crippen LogP contribution >= 0.6 is 0 Å². The van der Waals surface area contributed by atoms with E-state index < -0.39 is 47.9 Å². The molecule has 7 atom stereocenters. The van der Waals surface area contributed by atoms with E-state index in [4.69, 9.17) is 0 Å². The Morgan fingerprint density at radius 1 is 1.28 bits per heavy atom. The molecule has 3 fully saturated rings. The Morgan fingerprint density at radius 3 is 2.56 bits per heavy atom. The smallest absolute Gasteiger partial charge is 0.356 e. The fourth-order valence-corrected chi connectivity index (χ4v) is 5.97. The van der Waals surface area contributed by atoms with Crippen LogP contribution < -0.4 is 16.0 Å². The predicted octanol–water partition coefficient (Wildman–Crippen LogP) is 0.935. The minimum atomic E-state index is -5.21. The molecule has 0 spiro atoms. The average molecular weight is 549 g/mol. The number of piperidine rings is 1. The van der Waals surface area contributed by atoms with Gasteiger partial charge in [-0.05, 0) is 41.7 Å². The molecule has 13 heteroatoms. The largest absolute Gasteiger partial charge is 0.471 e. The molecule has 1 aromatic heterocycles. The Hall–Kier alpha value is -3.69. The average Bonchev–Trinajstić information content (AvgIpc) is 3.17. The van der Waals surface area contributed by atoms with Crippen LogP contribution in [0.25, 0.3) is 0 Å². The molecule has 2 aliphatic heterocycles. The van der Waals surface area contributed by atoms with Gasteiger partial charge in [-0.2, -0.15) is 18.4 Å². The van der Waals surface area contributed by atoms with Gasteiger partial charge in [0.25, 0.3) is 0 Å². The fraction of sp³-hybridized carbons (Fsp3) is 0.615. The molecule has 2 saturated heterocycles. The van der Waals surface area contributed by atoms with Gasteiger partial charge in [-0.1, -0.05) is 26.8 Å². The van der Waals surface area contributed by atoms with Gasteiger partial charge >= 0.3 is 12.1 Å². The minimum absolute atomic E-state index is 0.0221. The standard InChI is InChI=1S/C26H31F3N6O4/c1-13-11-32-21(36)16(13)8-15(10-30)33-22(37)20-19-17(25(19,2)3)12-35(20)23(38)18(34-24(39)26(27,28)29)9-14-6-4-5-7-31-14/h4-7,13,15-20H,8-9,11-12H2,1-3H3,(H,32,36)(H,33,37)(H,34,39)/t13-,15-,16+,17-,18-,19-,20-/m0/s1. The quantitative estimate of drug-likeness (QED) is 0.441. The van der Waals surface area contributed by atoms with Crippen molar-refractivity contribution in [3.05, 3.63) is 30.1 Å². The maximum atomic E-state index is 13.6. The number of likely N-dealkylation sites (tertiary alicyclic amines) is 1. The van der Waals surface area contributed by atoms with Crippen LogP contribution in [0.5, 0.6) is 0 Å². The second kappa shape index (κ2) is 10.5. The molecular weight excluding hydrogens is 517 g/mol. The zero-order chi connectivity index (χ0) is 28.7. The number of amides is 4. The Kier molecular flexibility index (Phi) is 7.60. The van der Waals surface area contributed by atoms with Crippen LogP contribution in [0, 0.1) is 40.4 Å². The molecule has 3 N–H and O–H groups in total. The van der Waals surface area contributed by atoms with E-state index in [0.717, 1.165) is 0 Å². The molecule has 0 bridgehead atoms. The van der Waals surface area contributed by atoms with E-state index in [0.29, 0.717) is 6.54 Å². The number of rotatable bonds is 8. The monoisotopic (exact) mass is 548 g/mol. The molecule has 3 heterocycles. The lowest BCUT2D eigenvalue weighted by atomic mass is 9.90. The number of carbonyl (C=O) groups is 4. The van der Waals surface area contributed by atoms with Crippen molar-refractivity contribution in [3.63, 3.8) is 0 Å². The molecule has 4 rings (SSSR count). The number of pyridine rings is 1. The van der Waals surface area contributed by atoms with Gasteiger partial charge in [-0.3, -0.25) is 24.2 Å². The minimum Gasteiger partial charge on any atom is -0.356 e. The molecule has 1 saturated carbocycles. The number of nitriles is 1. The second-order valence-electron chi connectivity index (χ2n) is 11.2. The van der Waals surface area contributed by atoms with Crippen molar-refractivity contribution in [2.24, 2.45) is 29.1 Å². The molecular formula is C26H31F3N6O4. The van der Waals surface area contributed by atoms with Gasteiger partial charge in [0, 0.05) is 37.3 Å². The van der Waals surface area contributed by atoms with Gasteiger partial charge in [0.2, 0.25) is 17.7 Å². The summed E-state index contributed by atoms with van der Waals surface area (Å²) in [6, 6.07) is 3.08. The molecule has 0 unspecified atom stereocenters. The van der Waals surface area contributed by atoms with Crippen molar-refractivity contribution >= 4 is 23.6 Å². The summed E-state index contributed by atoms with van der Waals surface area (Å²) >= 11 is 0. The van der Waals surface area contributed by atoms with Crippen molar-refractivity contribution in [1.82, 2.24) is 25.8 Å². The summed E-state index contributed by atoms with van der Waals surface area (Å²) in [5.74, 6) is -4.74. The molecule has 3 aliphatic rings. The normalized spacial score (nSPS) is 28.5. The Bertz CT molecular complexity index is 1180. The fourth-order valence-electron chi connectivity index (χ4n) is 5.97. The van der Waals surface area contributed by atoms with Gasteiger partial charge in [-0.25, -0.2) is 0 Å². The summed E-state index contributed by atoms with van der Waals surface area (Å²) < 4.78 is 39.3. The molecule has 1 aromatic rings. The van der Waals surface area contributed by atoms with Gasteiger partial charge in [-0.15, -0.1) is 0 Å².